The minimum Gasteiger partial charge on any atom is -0.361 e. The highest BCUT2D eigenvalue weighted by Gasteiger charge is 2.20. The second-order valence-corrected chi connectivity index (χ2v) is 4.05. The summed E-state index contributed by atoms with van der Waals surface area (Å²) in [6, 6.07) is 7.57. The van der Waals surface area contributed by atoms with Crippen LogP contribution in [-0.4, -0.2) is 29.9 Å². The van der Waals surface area contributed by atoms with Crippen LogP contribution in [0.15, 0.2) is 30.5 Å². The summed E-state index contributed by atoms with van der Waals surface area (Å²) in [6.07, 6.45) is 1.64. The van der Waals surface area contributed by atoms with Gasteiger partial charge in [-0.25, -0.2) is 0 Å². The summed E-state index contributed by atoms with van der Waals surface area (Å²) in [4.78, 5) is 3.51. The van der Waals surface area contributed by atoms with E-state index in [1.165, 1.54) is 0 Å². The third kappa shape index (κ3) is 1.63. The van der Waals surface area contributed by atoms with Gasteiger partial charge in [-0.15, -0.1) is 0 Å². The quantitative estimate of drug-likeness (QED) is 0.784. The van der Waals surface area contributed by atoms with E-state index in [0.29, 0.717) is 4.90 Å². The maximum absolute atomic E-state index is 8.12. The summed E-state index contributed by atoms with van der Waals surface area (Å²) < 4.78 is 54.9. The lowest BCUT2D eigenvalue weighted by Crippen LogP contribution is -2.29. The van der Waals surface area contributed by atoms with Crippen molar-refractivity contribution in [2.24, 2.45) is 0 Å². The number of fused-ring (bicyclic) bond motifs is 1. The van der Waals surface area contributed by atoms with Gasteiger partial charge in [-0.2, -0.15) is 0 Å². The van der Waals surface area contributed by atoms with Crippen LogP contribution < -0.4 is 0 Å². The molecule has 0 saturated carbocycles. The summed E-state index contributed by atoms with van der Waals surface area (Å²) in [5.41, 5.74) is 1.74. The van der Waals surface area contributed by atoms with E-state index in [0.717, 1.165) is 16.5 Å². The van der Waals surface area contributed by atoms with E-state index >= 15 is 0 Å². The molecule has 0 bridgehead atoms. The van der Waals surface area contributed by atoms with Crippen molar-refractivity contribution in [1.29, 1.82) is 0 Å². The monoisotopic (exact) mass is 221 g/mol. The zero-order valence-electron chi connectivity index (χ0n) is 15.8. The number of piperidine rings is 1. The molecular formula is C14H18N2. The van der Waals surface area contributed by atoms with Gasteiger partial charge in [0.2, 0.25) is 0 Å². The fraction of sp³-hybridized carbons (Fsp3) is 0.429. The molecular weight excluding hydrogens is 196 g/mol. The zero-order chi connectivity index (χ0) is 17.0. The average Bonchev–Trinajstić information content (AvgIpc) is 2.77. The van der Waals surface area contributed by atoms with Gasteiger partial charge in [0, 0.05) is 26.7 Å². The maximum Gasteiger partial charge on any atom is 0.0456 e. The van der Waals surface area contributed by atoms with Crippen LogP contribution in [0.5, 0.6) is 0 Å². The van der Waals surface area contributed by atoms with E-state index < -0.39 is 25.9 Å². The molecule has 2 aromatic rings. The van der Waals surface area contributed by atoms with Crippen molar-refractivity contribution in [2.45, 2.75) is 18.8 Å². The Bertz CT molecular complexity index is 701. The minimum absolute atomic E-state index is 0.0628. The van der Waals surface area contributed by atoms with Crippen molar-refractivity contribution < 1.29 is 9.60 Å². The number of benzene rings is 1. The number of para-hydroxylation sites is 1. The van der Waals surface area contributed by atoms with Crippen molar-refractivity contribution in [2.75, 3.05) is 20.0 Å². The minimum atomic E-state index is -2.82. The first-order chi connectivity index (χ1) is 10.5. The number of hydrogen-bond donors (Lipinski definition) is 1. The molecule has 3 rings (SSSR count). The number of H-pyrrole nitrogens is 1. The fourth-order valence-corrected chi connectivity index (χ4v) is 2.18. The first-order valence-corrected chi connectivity index (χ1v) is 5.39. The van der Waals surface area contributed by atoms with Crippen LogP contribution in [0.4, 0.5) is 0 Å². The molecule has 1 aromatic heterocycles. The molecule has 1 aromatic carbocycles. The van der Waals surface area contributed by atoms with Gasteiger partial charge < -0.3 is 9.88 Å². The lowest BCUT2D eigenvalue weighted by molar-refractivity contribution is 0.256. The largest absolute Gasteiger partial charge is 0.361 e. The summed E-state index contributed by atoms with van der Waals surface area (Å²) in [5, 5.41) is 0.923. The lowest BCUT2D eigenvalue weighted by atomic mass is 9.89. The maximum atomic E-state index is 8.12. The molecule has 1 fully saturated rings. The Morgan fingerprint density at radius 2 is 2.19 bits per heavy atom. The van der Waals surface area contributed by atoms with Gasteiger partial charge in [-0.1, -0.05) is 18.2 Å². The zero-order valence-corrected chi connectivity index (χ0v) is 8.83. The Morgan fingerprint density at radius 1 is 1.38 bits per heavy atom. The first kappa shape index (κ1) is 4.92. The van der Waals surface area contributed by atoms with Crippen molar-refractivity contribution in [1.82, 2.24) is 9.88 Å². The molecule has 0 unspecified atom stereocenters. The molecule has 84 valence electrons. The van der Waals surface area contributed by atoms with Gasteiger partial charge in [0.25, 0.3) is 0 Å². The standard InChI is InChI=1S/C14H18N2/c1-16-8-6-11(7-9-16)13-10-15-14-5-3-2-4-12(13)14/h2-5,10-11,15H,6-9H2,1H3/i1D3,8D2,9D2. The van der Waals surface area contributed by atoms with Gasteiger partial charge in [0.1, 0.15) is 0 Å². The number of rotatable bonds is 1. The summed E-state index contributed by atoms with van der Waals surface area (Å²) >= 11 is 0. The molecule has 1 saturated heterocycles. The molecule has 1 N–H and O–H groups in total. The molecule has 0 amide bonds. The number of nitrogens with one attached hydrogen (secondary N) is 1. The van der Waals surface area contributed by atoms with E-state index in [2.05, 4.69) is 4.98 Å². The van der Waals surface area contributed by atoms with Crippen molar-refractivity contribution in [3.8, 4) is 0 Å². The number of nitrogens with zero attached hydrogens (tertiary/aromatic N) is 1. The van der Waals surface area contributed by atoms with E-state index in [9.17, 15) is 0 Å². The first-order valence-electron chi connectivity index (χ1n) is 8.89. The van der Waals surface area contributed by atoms with E-state index in [-0.39, 0.29) is 12.8 Å². The van der Waals surface area contributed by atoms with E-state index in [1.54, 1.807) is 6.20 Å². The Hall–Kier alpha value is -1.28. The van der Waals surface area contributed by atoms with Crippen LogP contribution in [0, 0.1) is 0 Å². The van der Waals surface area contributed by atoms with Crippen molar-refractivity contribution in [3.05, 3.63) is 36.0 Å². The third-order valence-electron chi connectivity index (χ3n) is 3.05. The molecule has 2 heteroatoms. The number of hydrogen-bond acceptors (Lipinski definition) is 1. The van der Waals surface area contributed by atoms with Crippen molar-refractivity contribution >= 4 is 10.9 Å². The summed E-state index contributed by atoms with van der Waals surface area (Å²) in [5.74, 6) is -0.394. The highest BCUT2D eigenvalue weighted by atomic mass is 15.1. The summed E-state index contributed by atoms with van der Waals surface area (Å²) in [6.45, 7) is -7.33. The predicted octanol–water partition coefficient (Wildman–Crippen LogP) is 2.98. The molecule has 1 aliphatic rings. The SMILES string of the molecule is [2H]C([2H])([2H])N1C([2H])([2H])CC(c2c[nH]c3ccccc23)CC1([2H])[2H]. The molecule has 1 aliphatic heterocycles. The molecule has 16 heavy (non-hydrogen) atoms. The van der Waals surface area contributed by atoms with E-state index in [1.807, 2.05) is 24.3 Å². The molecule has 2 nitrogen and oxygen atoms in total. The topological polar surface area (TPSA) is 19.0 Å². The molecule has 0 atom stereocenters. The van der Waals surface area contributed by atoms with Crippen LogP contribution in [0.25, 0.3) is 10.9 Å². The summed E-state index contributed by atoms with van der Waals surface area (Å²) in [7, 11) is 0. The van der Waals surface area contributed by atoms with Crippen LogP contribution in [0.3, 0.4) is 0 Å². The number of aromatic amines is 1. The van der Waals surface area contributed by atoms with E-state index in [4.69, 9.17) is 9.60 Å². The third-order valence-corrected chi connectivity index (χ3v) is 3.05. The Balaban J connectivity index is 2.02. The van der Waals surface area contributed by atoms with Crippen LogP contribution >= 0.6 is 0 Å². The molecule has 0 spiro atoms. The van der Waals surface area contributed by atoms with Gasteiger partial charge in [-0.05, 0) is 50.4 Å². The Kier molecular flexibility index (Phi) is 1.21. The predicted molar refractivity (Wildman–Crippen MR) is 67.8 cm³/mol. The normalized spacial score (nSPS) is 32.9. The van der Waals surface area contributed by atoms with Crippen LogP contribution in [0.1, 0.15) is 33.9 Å². The van der Waals surface area contributed by atoms with Crippen molar-refractivity contribution in [3.63, 3.8) is 0 Å². The molecule has 0 radical (unpaired) electrons. The highest BCUT2D eigenvalue weighted by Crippen LogP contribution is 2.32. The smallest absolute Gasteiger partial charge is 0.0456 e. The lowest BCUT2D eigenvalue weighted by Gasteiger charge is -2.28. The molecule has 0 aliphatic carbocycles. The second kappa shape index (κ2) is 3.95. The Morgan fingerprint density at radius 3 is 3.00 bits per heavy atom. The number of aromatic nitrogens is 1. The number of likely N-dealkylation sites (tertiary alicyclic amines) is 1. The second-order valence-electron chi connectivity index (χ2n) is 4.05. The molecule has 2 heterocycles. The fourth-order valence-electron chi connectivity index (χ4n) is 2.18. The highest BCUT2D eigenvalue weighted by molar-refractivity contribution is 5.83. The van der Waals surface area contributed by atoms with Crippen LogP contribution in [-0.2, 0) is 0 Å². The van der Waals surface area contributed by atoms with Gasteiger partial charge >= 0.3 is 0 Å². The van der Waals surface area contributed by atoms with Gasteiger partial charge in [0.15, 0.2) is 0 Å². The Labute approximate surface area is 106 Å². The van der Waals surface area contributed by atoms with Crippen LogP contribution in [0.2, 0.25) is 0 Å². The van der Waals surface area contributed by atoms with Gasteiger partial charge in [0.05, 0.1) is 0 Å². The van der Waals surface area contributed by atoms with Gasteiger partial charge in [-0.3, -0.25) is 0 Å². The average molecular weight is 221 g/mol.